The van der Waals surface area contributed by atoms with E-state index in [0.717, 1.165) is 11.6 Å². The first-order valence-electron chi connectivity index (χ1n) is 5.79. The molecule has 1 heterocycles. The zero-order valence-electron chi connectivity index (χ0n) is 10.6. The molecule has 0 saturated carbocycles. The lowest BCUT2D eigenvalue weighted by atomic mass is 10.2. The van der Waals surface area contributed by atoms with E-state index in [1.54, 1.807) is 6.20 Å². The minimum Gasteiger partial charge on any atom is -0.481 e. The van der Waals surface area contributed by atoms with Gasteiger partial charge in [0, 0.05) is 25.2 Å². The number of hydrogen-bond acceptors (Lipinski definition) is 4. The summed E-state index contributed by atoms with van der Waals surface area (Å²) in [6.07, 6.45) is 2.54. The van der Waals surface area contributed by atoms with E-state index in [2.05, 4.69) is 28.7 Å². The first-order valence-corrected chi connectivity index (χ1v) is 5.79. The van der Waals surface area contributed by atoms with Gasteiger partial charge in [0.2, 0.25) is 0 Å². The monoisotopic (exact) mass is 237 g/mol. The third kappa shape index (κ3) is 4.38. The van der Waals surface area contributed by atoms with Crippen molar-refractivity contribution in [3.63, 3.8) is 0 Å². The Morgan fingerprint density at radius 2 is 2.24 bits per heavy atom. The molecule has 0 bridgehead atoms. The van der Waals surface area contributed by atoms with Crippen molar-refractivity contribution < 1.29 is 9.90 Å². The highest BCUT2D eigenvalue weighted by Gasteiger charge is 2.12. The molecule has 94 valence electrons. The van der Waals surface area contributed by atoms with Crippen LogP contribution in [0.25, 0.3) is 0 Å². The van der Waals surface area contributed by atoms with E-state index in [1.165, 1.54) is 0 Å². The summed E-state index contributed by atoms with van der Waals surface area (Å²) in [5.74, 6) is 0.830. The fourth-order valence-corrected chi connectivity index (χ4v) is 1.64. The maximum absolute atomic E-state index is 10.5. The summed E-state index contributed by atoms with van der Waals surface area (Å²) in [5, 5.41) is 8.64. The number of hydrogen-bond donors (Lipinski definition) is 1. The van der Waals surface area contributed by atoms with Crippen molar-refractivity contribution in [2.24, 2.45) is 0 Å². The quantitative estimate of drug-likeness (QED) is 0.818. The molecule has 1 aromatic heterocycles. The Morgan fingerprint density at radius 3 is 2.76 bits per heavy atom. The molecule has 1 rings (SSSR count). The molecule has 1 N–H and O–H groups in total. The van der Waals surface area contributed by atoms with Crippen LogP contribution in [0.4, 0.5) is 5.82 Å². The van der Waals surface area contributed by atoms with Crippen LogP contribution in [-0.4, -0.2) is 33.6 Å². The number of anilines is 1. The van der Waals surface area contributed by atoms with E-state index in [1.807, 2.05) is 13.0 Å². The predicted molar refractivity (Wildman–Crippen MR) is 66.1 cm³/mol. The van der Waals surface area contributed by atoms with Gasteiger partial charge in [0.15, 0.2) is 0 Å². The van der Waals surface area contributed by atoms with Crippen LogP contribution in [0.15, 0.2) is 12.3 Å². The lowest BCUT2D eigenvalue weighted by Crippen LogP contribution is -2.33. The molecule has 0 aromatic carbocycles. The molecule has 0 radical (unpaired) electrons. The second-order valence-electron chi connectivity index (χ2n) is 4.25. The molecular weight excluding hydrogens is 218 g/mol. The van der Waals surface area contributed by atoms with Gasteiger partial charge in [0.25, 0.3) is 0 Å². The minimum absolute atomic E-state index is 0.188. The summed E-state index contributed by atoms with van der Waals surface area (Å²) in [7, 11) is 0. The van der Waals surface area contributed by atoms with Crippen LogP contribution < -0.4 is 4.90 Å². The van der Waals surface area contributed by atoms with Gasteiger partial charge >= 0.3 is 5.97 Å². The van der Waals surface area contributed by atoms with Gasteiger partial charge in [-0.3, -0.25) is 4.79 Å². The van der Waals surface area contributed by atoms with Crippen molar-refractivity contribution >= 4 is 11.8 Å². The van der Waals surface area contributed by atoms with E-state index in [0.29, 0.717) is 13.0 Å². The maximum Gasteiger partial charge on any atom is 0.303 e. The van der Waals surface area contributed by atoms with Gasteiger partial charge in [-0.2, -0.15) is 0 Å². The molecule has 1 aromatic rings. The zero-order chi connectivity index (χ0) is 12.8. The van der Waals surface area contributed by atoms with Gasteiger partial charge < -0.3 is 10.0 Å². The molecule has 5 nitrogen and oxygen atoms in total. The van der Waals surface area contributed by atoms with E-state index in [4.69, 9.17) is 5.11 Å². The zero-order valence-corrected chi connectivity index (χ0v) is 10.6. The second kappa shape index (κ2) is 6.18. The molecule has 0 spiro atoms. The van der Waals surface area contributed by atoms with E-state index in [-0.39, 0.29) is 12.5 Å². The average Bonchev–Trinajstić information content (AvgIpc) is 2.23. The van der Waals surface area contributed by atoms with Crippen LogP contribution in [0.2, 0.25) is 0 Å². The largest absolute Gasteiger partial charge is 0.481 e. The molecule has 0 amide bonds. The number of carboxylic acids is 1. The maximum atomic E-state index is 10.5. The standard InChI is InChI=1S/C12H19N3O2/c1-9(2)15(8-4-5-12(16)17)11-6-7-13-10(3)14-11/h6-7,9H,4-5,8H2,1-3H3,(H,16,17). The Labute approximate surface area is 102 Å². The van der Waals surface area contributed by atoms with Crippen molar-refractivity contribution in [1.82, 2.24) is 9.97 Å². The van der Waals surface area contributed by atoms with Crippen LogP contribution in [-0.2, 0) is 4.79 Å². The summed E-state index contributed by atoms with van der Waals surface area (Å²) < 4.78 is 0. The Hall–Kier alpha value is -1.65. The highest BCUT2D eigenvalue weighted by Crippen LogP contribution is 2.14. The van der Waals surface area contributed by atoms with Crippen LogP contribution in [0.5, 0.6) is 0 Å². The molecule has 17 heavy (non-hydrogen) atoms. The molecule has 0 aliphatic rings. The van der Waals surface area contributed by atoms with Gasteiger partial charge in [0.1, 0.15) is 11.6 Å². The Kier molecular flexibility index (Phi) is 4.87. The second-order valence-corrected chi connectivity index (χ2v) is 4.25. The number of aliphatic carboxylic acids is 1. The SMILES string of the molecule is Cc1nccc(N(CCCC(=O)O)C(C)C)n1. The first kappa shape index (κ1) is 13.4. The van der Waals surface area contributed by atoms with Gasteiger partial charge in [0.05, 0.1) is 0 Å². The lowest BCUT2D eigenvalue weighted by molar-refractivity contribution is -0.137. The van der Waals surface area contributed by atoms with Crippen molar-refractivity contribution in [3.8, 4) is 0 Å². The van der Waals surface area contributed by atoms with Crippen LogP contribution in [0, 0.1) is 6.92 Å². The molecule has 0 saturated heterocycles. The molecule has 0 aliphatic heterocycles. The fraction of sp³-hybridized carbons (Fsp3) is 0.583. The van der Waals surface area contributed by atoms with Gasteiger partial charge in [-0.05, 0) is 33.3 Å². The highest BCUT2D eigenvalue weighted by molar-refractivity contribution is 5.66. The van der Waals surface area contributed by atoms with Crippen LogP contribution >= 0.6 is 0 Å². The predicted octanol–water partition coefficient (Wildman–Crippen LogP) is 1.86. The normalized spacial score (nSPS) is 10.6. The number of carboxylic acid groups (broad SMARTS) is 1. The molecular formula is C12H19N3O2. The molecule has 0 atom stereocenters. The van der Waals surface area contributed by atoms with E-state index < -0.39 is 5.97 Å². The van der Waals surface area contributed by atoms with E-state index >= 15 is 0 Å². The summed E-state index contributed by atoms with van der Waals surface area (Å²) in [6, 6.07) is 2.14. The lowest BCUT2D eigenvalue weighted by Gasteiger charge is -2.27. The summed E-state index contributed by atoms with van der Waals surface area (Å²) in [6.45, 7) is 6.68. The summed E-state index contributed by atoms with van der Waals surface area (Å²) >= 11 is 0. The topological polar surface area (TPSA) is 66.3 Å². The minimum atomic E-state index is -0.757. The molecule has 0 aliphatic carbocycles. The smallest absolute Gasteiger partial charge is 0.303 e. The number of aryl methyl sites for hydroxylation is 1. The van der Waals surface area contributed by atoms with Crippen molar-refractivity contribution in [2.45, 2.75) is 39.7 Å². The molecule has 5 heteroatoms. The summed E-state index contributed by atoms with van der Waals surface area (Å²) in [4.78, 5) is 21.0. The van der Waals surface area contributed by atoms with Gasteiger partial charge in [-0.1, -0.05) is 0 Å². The first-order chi connectivity index (χ1) is 8.00. The number of rotatable bonds is 6. The number of carbonyl (C=O) groups is 1. The Morgan fingerprint density at radius 1 is 1.53 bits per heavy atom. The van der Waals surface area contributed by atoms with Crippen molar-refractivity contribution in [3.05, 3.63) is 18.1 Å². The Balaban J connectivity index is 2.69. The van der Waals surface area contributed by atoms with Crippen LogP contribution in [0.1, 0.15) is 32.5 Å². The van der Waals surface area contributed by atoms with E-state index in [9.17, 15) is 4.79 Å². The third-order valence-corrected chi connectivity index (χ3v) is 2.47. The van der Waals surface area contributed by atoms with Crippen molar-refractivity contribution in [1.29, 1.82) is 0 Å². The van der Waals surface area contributed by atoms with Crippen molar-refractivity contribution in [2.75, 3.05) is 11.4 Å². The number of nitrogens with zero attached hydrogens (tertiary/aromatic N) is 3. The van der Waals surface area contributed by atoms with Crippen LogP contribution in [0.3, 0.4) is 0 Å². The summed E-state index contributed by atoms with van der Waals surface area (Å²) in [5.41, 5.74) is 0. The third-order valence-electron chi connectivity index (χ3n) is 2.47. The molecule has 0 unspecified atom stereocenters. The average molecular weight is 237 g/mol. The van der Waals surface area contributed by atoms with Gasteiger partial charge in [-0.15, -0.1) is 0 Å². The number of aromatic nitrogens is 2. The molecule has 0 fully saturated rings. The fourth-order valence-electron chi connectivity index (χ4n) is 1.64. The Bertz CT molecular complexity index is 380. The van der Waals surface area contributed by atoms with Gasteiger partial charge in [-0.25, -0.2) is 9.97 Å². The highest BCUT2D eigenvalue weighted by atomic mass is 16.4.